The van der Waals surface area contributed by atoms with Crippen LogP contribution in [0.5, 0.6) is 0 Å². The van der Waals surface area contributed by atoms with E-state index in [0.29, 0.717) is 12.0 Å². The summed E-state index contributed by atoms with van der Waals surface area (Å²) in [6.45, 7) is 16.1. The zero-order valence-electron chi connectivity index (χ0n) is 24.6. The standard InChI is InChI=1S/C31H44N2O5Si/c1-30(2,3)37-29(36)33-26(19-22-12-10-9-11-13-22)27(38-39(7,8)31(4,5)6)20-25(28(34)35)18-23-14-16-24(21-32)17-15-23/h9-17,25-27H,18-20H2,1-8H3,(H,33,36)(H,34,35)/t25-,26+,27+/m1/s1. The van der Waals surface area contributed by atoms with Gasteiger partial charge in [0.2, 0.25) is 0 Å². The number of amides is 1. The number of carboxylic acids is 1. The van der Waals surface area contributed by atoms with Crippen molar-refractivity contribution in [2.75, 3.05) is 0 Å². The molecule has 2 aromatic carbocycles. The average molecular weight is 553 g/mol. The number of nitrogens with zero attached hydrogens (tertiary/aromatic N) is 1. The second kappa shape index (κ2) is 13.3. The van der Waals surface area contributed by atoms with Crippen molar-refractivity contribution in [2.45, 2.75) is 96.7 Å². The Kier molecular flexibility index (Phi) is 10.9. The number of nitriles is 1. The third kappa shape index (κ3) is 10.5. The molecule has 0 heterocycles. The fourth-order valence-electron chi connectivity index (χ4n) is 4.00. The molecular weight excluding hydrogens is 508 g/mol. The molecule has 0 aromatic heterocycles. The van der Waals surface area contributed by atoms with E-state index in [1.807, 2.05) is 30.3 Å². The Hall–Kier alpha value is -3.15. The maximum Gasteiger partial charge on any atom is 0.407 e. The molecule has 0 aliphatic heterocycles. The van der Waals surface area contributed by atoms with Gasteiger partial charge in [-0.15, -0.1) is 0 Å². The third-order valence-electron chi connectivity index (χ3n) is 7.13. The largest absolute Gasteiger partial charge is 0.481 e. The summed E-state index contributed by atoms with van der Waals surface area (Å²) in [4.78, 5) is 25.5. The van der Waals surface area contributed by atoms with Gasteiger partial charge in [-0.3, -0.25) is 4.79 Å². The maximum absolute atomic E-state index is 13.0. The molecule has 8 heteroatoms. The van der Waals surface area contributed by atoms with E-state index in [2.05, 4.69) is 45.3 Å². The Morgan fingerprint density at radius 3 is 2.00 bits per heavy atom. The van der Waals surface area contributed by atoms with E-state index in [-0.39, 0.29) is 17.9 Å². The van der Waals surface area contributed by atoms with Crippen LogP contribution < -0.4 is 5.32 Å². The van der Waals surface area contributed by atoms with Crippen LogP contribution in [0.15, 0.2) is 54.6 Å². The molecule has 2 rings (SSSR count). The summed E-state index contributed by atoms with van der Waals surface area (Å²) in [6, 6.07) is 18.3. The van der Waals surface area contributed by atoms with Gasteiger partial charge in [0.05, 0.1) is 29.7 Å². The molecule has 0 saturated heterocycles. The highest BCUT2D eigenvalue weighted by molar-refractivity contribution is 6.74. The van der Waals surface area contributed by atoms with Crippen molar-refractivity contribution in [3.05, 3.63) is 71.3 Å². The summed E-state index contributed by atoms with van der Waals surface area (Å²) in [5.41, 5.74) is 1.67. The molecule has 2 N–H and O–H groups in total. The minimum atomic E-state index is -2.37. The van der Waals surface area contributed by atoms with Crippen LogP contribution in [0, 0.1) is 17.2 Å². The molecule has 0 saturated carbocycles. The molecule has 7 nitrogen and oxygen atoms in total. The zero-order valence-corrected chi connectivity index (χ0v) is 25.6. The predicted molar refractivity (Wildman–Crippen MR) is 156 cm³/mol. The van der Waals surface area contributed by atoms with Crippen LogP contribution in [0.3, 0.4) is 0 Å². The average Bonchev–Trinajstić information content (AvgIpc) is 2.81. The normalized spacial score (nSPS) is 14.5. The lowest BCUT2D eigenvalue weighted by Crippen LogP contribution is -2.54. The van der Waals surface area contributed by atoms with Crippen molar-refractivity contribution in [2.24, 2.45) is 5.92 Å². The molecule has 212 valence electrons. The molecule has 0 bridgehead atoms. The summed E-state index contributed by atoms with van der Waals surface area (Å²) in [6.07, 6.45) is -0.190. The number of ether oxygens (including phenoxy) is 1. The highest BCUT2D eigenvalue weighted by Gasteiger charge is 2.42. The first-order valence-electron chi connectivity index (χ1n) is 13.4. The fourth-order valence-corrected chi connectivity index (χ4v) is 5.37. The van der Waals surface area contributed by atoms with Crippen molar-refractivity contribution in [1.82, 2.24) is 5.32 Å². The summed E-state index contributed by atoms with van der Waals surface area (Å²) in [7, 11) is -2.37. The zero-order chi connectivity index (χ0) is 29.4. The van der Waals surface area contributed by atoms with E-state index < -0.39 is 44.0 Å². The number of carbonyl (C=O) groups excluding carboxylic acids is 1. The van der Waals surface area contributed by atoms with Crippen LogP contribution in [-0.4, -0.2) is 43.2 Å². The number of rotatable bonds is 11. The van der Waals surface area contributed by atoms with Crippen LogP contribution >= 0.6 is 0 Å². The molecule has 3 atom stereocenters. The molecule has 0 spiro atoms. The van der Waals surface area contributed by atoms with Crippen molar-refractivity contribution in [1.29, 1.82) is 5.26 Å². The summed E-state index contributed by atoms with van der Waals surface area (Å²) in [5, 5.41) is 22.3. The Morgan fingerprint density at radius 1 is 0.949 bits per heavy atom. The van der Waals surface area contributed by atoms with Gasteiger partial charge in [0.15, 0.2) is 8.32 Å². The first-order valence-corrected chi connectivity index (χ1v) is 16.3. The minimum absolute atomic E-state index is 0.125. The van der Waals surface area contributed by atoms with Gasteiger partial charge in [-0.05, 0) is 81.4 Å². The van der Waals surface area contributed by atoms with Gasteiger partial charge >= 0.3 is 12.1 Å². The van der Waals surface area contributed by atoms with Gasteiger partial charge in [-0.1, -0.05) is 63.2 Å². The molecule has 0 radical (unpaired) electrons. The molecular formula is C31H44N2O5Si. The molecule has 0 unspecified atom stereocenters. The Bertz CT molecular complexity index is 1130. The summed E-state index contributed by atoms with van der Waals surface area (Å²) in [5.74, 6) is -1.69. The van der Waals surface area contributed by atoms with E-state index in [1.165, 1.54) is 0 Å². The van der Waals surface area contributed by atoms with Crippen LogP contribution in [0.25, 0.3) is 0 Å². The highest BCUT2D eigenvalue weighted by Crippen LogP contribution is 2.39. The van der Waals surface area contributed by atoms with E-state index in [1.54, 1.807) is 45.0 Å². The lowest BCUT2D eigenvalue weighted by molar-refractivity contribution is -0.142. The van der Waals surface area contributed by atoms with Gasteiger partial charge in [-0.25, -0.2) is 4.79 Å². The van der Waals surface area contributed by atoms with Crippen molar-refractivity contribution >= 4 is 20.4 Å². The number of carbonyl (C=O) groups is 2. The monoisotopic (exact) mass is 552 g/mol. The number of hydrogen-bond donors (Lipinski definition) is 2. The molecule has 0 aliphatic rings. The van der Waals surface area contributed by atoms with E-state index >= 15 is 0 Å². The number of benzene rings is 2. The van der Waals surface area contributed by atoms with E-state index in [4.69, 9.17) is 14.4 Å². The molecule has 1 amide bonds. The number of carboxylic acid groups (broad SMARTS) is 1. The molecule has 0 aliphatic carbocycles. The summed E-state index contributed by atoms with van der Waals surface area (Å²) >= 11 is 0. The summed E-state index contributed by atoms with van der Waals surface area (Å²) < 4.78 is 12.5. The van der Waals surface area contributed by atoms with Crippen molar-refractivity contribution in [3.63, 3.8) is 0 Å². The second-order valence-electron chi connectivity index (χ2n) is 12.6. The SMILES string of the molecule is CC(C)(C)OC(=O)N[C@@H](Cc1ccccc1)[C@H](C[C@@H](Cc1ccc(C#N)cc1)C(=O)O)O[Si](C)(C)C(C)(C)C. The smallest absolute Gasteiger partial charge is 0.407 e. The first kappa shape index (κ1) is 32.1. The van der Waals surface area contributed by atoms with Crippen LogP contribution in [0.4, 0.5) is 4.79 Å². The minimum Gasteiger partial charge on any atom is -0.481 e. The molecule has 39 heavy (non-hydrogen) atoms. The van der Waals surface area contributed by atoms with Crippen LogP contribution in [0.2, 0.25) is 18.1 Å². The van der Waals surface area contributed by atoms with Gasteiger partial charge in [0.25, 0.3) is 0 Å². The van der Waals surface area contributed by atoms with Crippen LogP contribution in [0.1, 0.15) is 64.7 Å². The lowest BCUT2D eigenvalue weighted by Gasteiger charge is -2.42. The Labute approximate surface area is 234 Å². The highest BCUT2D eigenvalue weighted by atomic mass is 28.4. The quantitative estimate of drug-likeness (QED) is 0.300. The molecule has 2 aromatic rings. The lowest BCUT2D eigenvalue weighted by atomic mass is 9.89. The number of aliphatic carboxylic acids is 1. The fraction of sp³-hybridized carbons (Fsp3) is 0.516. The maximum atomic E-state index is 13.0. The third-order valence-corrected chi connectivity index (χ3v) is 11.6. The number of nitrogens with one attached hydrogen (secondary N) is 1. The number of hydrogen-bond acceptors (Lipinski definition) is 5. The second-order valence-corrected chi connectivity index (χ2v) is 17.4. The predicted octanol–water partition coefficient (Wildman–Crippen LogP) is 6.72. The van der Waals surface area contributed by atoms with E-state index in [0.717, 1.165) is 11.1 Å². The van der Waals surface area contributed by atoms with Crippen molar-refractivity contribution in [3.8, 4) is 6.07 Å². The van der Waals surface area contributed by atoms with Gasteiger partial charge in [0, 0.05) is 0 Å². The van der Waals surface area contributed by atoms with Crippen molar-refractivity contribution < 1.29 is 23.9 Å². The van der Waals surface area contributed by atoms with Gasteiger partial charge in [0.1, 0.15) is 5.60 Å². The van der Waals surface area contributed by atoms with Gasteiger partial charge < -0.3 is 19.6 Å². The number of alkyl carbamates (subject to hydrolysis) is 1. The van der Waals surface area contributed by atoms with Crippen LogP contribution in [-0.2, 0) is 26.8 Å². The molecule has 0 fully saturated rings. The Balaban J connectivity index is 2.48. The topological polar surface area (TPSA) is 109 Å². The van der Waals surface area contributed by atoms with E-state index in [9.17, 15) is 14.7 Å². The van der Waals surface area contributed by atoms with Gasteiger partial charge in [-0.2, -0.15) is 5.26 Å². The Morgan fingerprint density at radius 2 is 1.51 bits per heavy atom. The first-order chi connectivity index (χ1) is 18.0.